The summed E-state index contributed by atoms with van der Waals surface area (Å²) in [6, 6.07) is 18.8. The minimum absolute atomic E-state index is 0.247. The van der Waals surface area contributed by atoms with Crippen molar-refractivity contribution in [2.24, 2.45) is 0 Å². The van der Waals surface area contributed by atoms with Crippen molar-refractivity contribution < 1.29 is 9.53 Å². The fraction of sp³-hybridized carbons (Fsp3) is 0.174. The Morgan fingerprint density at radius 3 is 2.58 bits per heavy atom. The van der Waals surface area contributed by atoms with Crippen LogP contribution in [-0.4, -0.2) is 51.1 Å². The van der Waals surface area contributed by atoms with Crippen LogP contribution in [0.3, 0.4) is 0 Å². The largest absolute Gasteiger partial charge is 0.497 e. The van der Waals surface area contributed by atoms with Gasteiger partial charge in [-0.1, -0.05) is 18.2 Å². The highest BCUT2D eigenvalue weighted by Gasteiger charge is 2.11. The third-order valence-electron chi connectivity index (χ3n) is 4.62. The number of nitrogens with zero attached hydrogens (tertiary/aromatic N) is 5. The number of carbonyl (C=O) groups is 1. The summed E-state index contributed by atoms with van der Waals surface area (Å²) < 4.78 is 5.18. The third kappa shape index (κ3) is 5.82. The van der Waals surface area contributed by atoms with Gasteiger partial charge in [0.1, 0.15) is 11.6 Å². The van der Waals surface area contributed by atoms with E-state index in [2.05, 4.69) is 36.1 Å². The average Bonchev–Trinajstić information content (AvgIpc) is 3.33. The van der Waals surface area contributed by atoms with Gasteiger partial charge >= 0.3 is 0 Å². The number of nitrogens with one attached hydrogen (secondary N) is 3. The van der Waals surface area contributed by atoms with Gasteiger partial charge in [0.15, 0.2) is 5.69 Å². The minimum Gasteiger partial charge on any atom is -0.497 e. The number of aromatic nitrogens is 5. The van der Waals surface area contributed by atoms with Crippen molar-refractivity contribution in [1.29, 1.82) is 0 Å². The molecule has 10 nitrogen and oxygen atoms in total. The highest BCUT2D eigenvalue weighted by molar-refractivity contribution is 5.91. The smallest absolute Gasteiger partial charge is 0.273 e. The molecule has 0 saturated heterocycles. The number of anilines is 3. The van der Waals surface area contributed by atoms with Crippen LogP contribution < -0.4 is 20.7 Å². The van der Waals surface area contributed by atoms with Gasteiger partial charge in [-0.2, -0.15) is 14.9 Å². The first-order valence-corrected chi connectivity index (χ1v) is 10.4. The van der Waals surface area contributed by atoms with E-state index in [4.69, 9.17) is 4.74 Å². The lowest BCUT2D eigenvalue weighted by atomic mass is 10.3. The Balaban J connectivity index is 1.28. The SMILES string of the molecule is COc1ccc(Nc2cc(C)nc(NCCNC(=O)c3cnn(-c4ccccc4)n3)n2)cc1. The zero-order valence-electron chi connectivity index (χ0n) is 18.3. The number of methoxy groups -OCH3 is 1. The molecule has 10 heteroatoms. The monoisotopic (exact) mass is 444 g/mol. The van der Waals surface area contributed by atoms with E-state index in [1.807, 2.05) is 67.6 Å². The van der Waals surface area contributed by atoms with E-state index in [-0.39, 0.29) is 11.6 Å². The lowest BCUT2D eigenvalue weighted by Crippen LogP contribution is -2.29. The molecule has 0 spiro atoms. The number of amides is 1. The third-order valence-corrected chi connectivity index (χ3v) is 4.62. The fourth-order valence-electron chi connectivity index (χ4n) is 3.03. The Kier molecular flexibility index (Phi) is 6.74. The maximum Gasteiger partial charge on any atom is 0.273 e. The normalized spacial score (nSPS) is 10.5. The Labute approximate surface area is 191 Å². The fourth-order valence-corrected chi connectivity index (χ4v) is 3.03. The van der Waals surface area contributed by atoms with Gasteiger partial charge in [-0.05, 0) is 43.3 Å². The summed E-state index contributed by atoms with van der Waals surface area (Å²) >= 11 is 0. The second-order valence-electron chi connectivity index (χ2n) is 7.11. The van der Waals surface area contributed by atoms with Crippen molar-refractivity contribution in [3.63, 3.8) is 0 Å². The second kappa shape index (κ2) is 10.2. The van der Waals surface area contributed by atoms with Gasteiger partial charge in [-0.3, -0.25) is 4.79 Å². The van der Waals surface area contributed by atoms with E-state index < -0.39 is 0 Å². The van der Waals surface area contributed by atoms with Gasteiger partial charge in [0.25, 0.3) is 5.91 Å². The molecule has 3 N–H and O–H groups in total. The van der Waals surface area contributed by atoms with Crippen LogP contribution in [0.15, 0.2) is 66.9 Å². The van der Waals surface area contributed by atoms with Gasteiger partial charge in [-0.25, -0.2) is 4.98 Å². The first-order chi connectivity index (χ1) is 16.1. The highest BCUT2D eigenvalue weighted by atomic mass is 16.5. The molecule has 0 radical (unpaired) electrons. The van der Waals surface area contributed by atoms with Crippen molar-refractivity contribution in [3.8, 4) is 11.4 Å². The van der Waals surface area contributed by atoms with Crippen molar-refractivity contribution in [2.45, 2.75) is 6.92 Å². The van der Waals surface area contributed by atoms with Crippen LogP contribution >= 0.6 is 0 Å². The molecule has 168 valence electrons. The first kappa shape index (κ1) is 21.8. The number of ether oxygens (including phenoxy) is 1. The standard InChI is InChI=1S/C23H24N8O2/c1-16-14-21(28-17-8-10-19(33-2)11-9-17)29-23(27-16)25-13-12-24-22(32)20-15-26-31(30-20)18-6-4-3-5-7-18/h3-11,14-15H,12-13H2,1-2H3,(H,24,32)(H2,25,27,28,29). The van der Waals surface area contributed by atoms with Crippen LogP contribution in [0.25, 0.3) is 5.69 Å². The number of para-hydroxylation sites is 1. The Morgan fingerprint density at radius 2 is 1.82 bits per heavy atom. The molecule has 0 atom stereocenters. The molecule has 2 heterocycles. The number of aryl methyl sites for hydroxylation is 1. The molecule has 0 bridgehead atoms. The summed E-state index contributed by atoms with van der Waals surface area (Å²) in [5, 5.41) is 17.6. The predicted octanol–water partition coefficient (Wildman–Crippen LogP) is 2.96. The molecule has 0 aliphatic carbocycles. The zero-order chi connectivity index (χ0) is 23.0. The summed E-state index contributed by atoms with van der Waals surface area (Å²) in [4.78, 5) is 22.6. The van der Waals surface area contributed by atoms with Crippen LogP contribution in [0, 0.1) is 6.92 Å². The maximum atomic E-state index is 12.4. The van der Waals surface area contributed by atoms with Gasteiger partial charge in [0.05, 0.1) is 19.0 Å². The predicted molar refractivity (Wildman–Crippen MR) is 125 cm³/mol. The van der Waals surface area contributed by atoms with Crippen molar-refractivity contribution >= 4 is 23.4 Å². The number of carbonyl (C=O) groups excluding carboxylic acids is 1. The number of hydrogen-bond acceptors (Lipinski definition) is 8. The van der Waals surface area contributed by atoms with Gasteiger partial charge in [-0.15, -0.1) is 5.10 Å². The highest BCUT2D eigenvalue weighted by Crippen LogP contribution is 2.19. The van der Waals surface area contributed by atoms with Crippen LogP contribution in [0.2, 0.25) is 0 Å². The molecule has 0 unspecified atom stereocenters. The maximum absolute atomic E-state index is 12.4. The van der Waals surface area contributed by atoms with E-state index in [0.717, 1.165) is 22.8 Å². The van der Waals surface area contributed by atoms with E-state index in [1.54, 1.807) is 7.11 Å². The summed E-state index contributed by atoms with van der Waals surface area (Å²) in [7, 11) is 1.63. The molecule has 4 aromatic rings. The van der Waals surface area contributed by atoms with E-state index >= 15 is 0 Å². The zero-order valence-corrected chi connectivity index (χ0v) is 18.3. The number of benzene rings is 2. The van der Waals surface area contributed by atoms with E-state index in [1.165, 1.54) is 11.0 Å². The van der Waals surface area contributed by atoms with Crippen LogP contribution in [0.4, 0.5) is 17.5 Å². The Bertz CT molecular complexity index is 1210. The molecule has 33 heavy (non-hydrogen) atoms. The molecule has 2 aromatic heterocycles. The molecule has 4 rings (SSSR count). The Hall–Kier alpha value is -4.47. The summed E-state index contributed by atoms with van der Waals surface area (Å²) in [5.41, 5.74) is 2.73. The molecular weight excluding hydrogens is 420 g/mol. The molecule has 0 aliphatic rings. The topological polar surface area (TPSA) is 119 Å². The minimum atomic E-state index is -0.300. The first-order valence-electron chi connectivity index (χ1n) is 10.4. The molecular formula is C23H24N8O2. The van der Waals surface area contributed by atoms with Gasteiger partial charge in [0, 0.05) is 30.5 Å². The van der Waals surface area contributed by atoms with Crippen molar-refractivity contribution in [2.75, 3.05) is 30.8 Å². The van der Waals surface area contributed by atoms with Crippen LogP contribution in [0.5, 0.6) is 5.75 Å². The van der Waals surface area contributed by atoms with Crippen molar-refractivity contribution in [1.82, 2.24) is 30.3 Å². The molecule has 2 aromatic carbocycles. The molecule has 0 fully saturated rings. The van der Waals surface area contributed by atoms with Crippen LogP contribution in [0.1, 0.15) is 16.2 Å². The Morgan fingerprint density at radius 1 is 1.03 bits per heavy atom. The lowest BCUT2D eigenvalue weighted by molar-refractivity contribution is 0.0949. The van der Waals surface area contributed by atoms with Gasteiger partial charge in [0.2, 0.25) is 5.95 Å². The second-order valence-corrected chi connectivity index (χ2v) is 7.11. The van der Waals surface area contributed by atoms with Gasteiger partial charge < -0.3 is 20.7 Å². The van der Waals surface area contributed by atoms with E-state index in [0.29, 0.717) is 24.9 Å². The molecule has 0 aliphatic heterocycles. The number of rotatable bonds is 9. The van der Waals surface area contributed by atoms with Crippen molar-refractivity contribution in [3.05, 3.63) is 78.2 Å². The molecule has 1 amide bonds. The number of hydrogen-bond donors (Lipinski definition) is 3. The average molecular weight is 444 g/mol. The lowest BCUT2D eigenvalue weighted by Gasteiger charge is -2.10. The quantitative estimate of drug-likeness (QED) is 0.337. The summed E-state index contributed by atoms with van der Waals surface area (Å²) in [6.45, 7) is 2.71. The van der Waals surface area contributed by atoms with E-state index in [9.17, 15) is 4.79 Å². The van der Waals surface area contributed by atoms with Crippen LogP contribution in [-0.2, 0) is 0 Å². The molecule has 0 saturated carbocycles. The summed E-state index contributed by atoms with van der Waals surface area (Å²) in [6.07, 6.45) is 1.44. The summed E-state index contributed by atoms with van der Waals surface area (Å²) in [5.74, 6) is 1.62.